The Labute approximate surface area is 202 Å². The molecule has 1 saturated heterocycles. The molecule has 1 unspecified atom stereocenters. The molecule has 33 heavy (non-hydrogen) atoms. The summed E-state index contributed by atoms with van der Waals surface area (Å²) in [7, 11) is 0. The molecule has 2 amide bonds. The topological polar surface area (TPSA) is 121 Å². The Kier molecular flexibility index (Phi) is 8.61. The quantitative estimate of drug-likeness (QED) is 0.365. The van der Waals surface area contributed by atoms with Gasteiger partial charge >= 0.3 is 0 Å². The number of carbonyl (C=O) groups is 2. The van der Waals surface area contributed by atoms with Gasteiger partial charge in [-0.2, -0.15) is 0 Å². The van der Waals surface area contributed by atoms with Crippen molar-refractivity contribution in [1.29, 1.82) is 0 Å². The molecular formula is C22H30N3O5PS2. The van der Waals surface area contributed by atoms with E-state index in [1.807, 2.05) is 38.1 Å². The van der Waals surface area contributed by atoms with Crippen molar-refractivity contribution >= 4 is 40.9 Å². The third-order valence-electron chi connectivity index (χ3n) is 5.64. The lowest BCUT2D eigenvalue weighted by atomic mass is 9.98. The van der Waals surface area contributed by atoms with Crippen molar-refractivity contribution in [2.45, 2.75) is 43.2 Å². The largest absolute Gasteiger partial charge is 0.494 e. The standard InChI is InChI=1S/C22H30N3O5PS2/c1-15-19(32-16(2)25-15)20(26)24-11-4-12-30-17-5-7-18(8-6-17)33-31(3,28)22(21(23)27)9-13-29-14-10-22/h5-8H,4,9-14H2,1-3H3,(H2,23,27)(H,24,26). The third kappa shape index (κ3) is 6.18. The molecule has 1 aliphatic heterocycles. The predicted octanol–water partition coefficient (Wildman–Crippen LogP) is 3.99. The molecule has 0 saturated carbocycles. The predicted molar refractivity (Wildman–Crippen MR) is 132 cm³/mol. The number of hydrogen-bond donors (Lipinski definition) is 2. The molecule has 3 rings (SSSR count). The molecule has 0 radical (unpaired) electrons. The molecule has 1 aromatic carbocycles. The Morgan fingerprint density at radius 1 is 1.27 bits per heavy atom. The van der Waals surface area contributed by atoms with E-state index in [0.717, 1.165) is 15.6 Å². The molecule has 2 aromatic rings. The van der Waals surface area contributed by atoms with Gasteiger partial charge in [0.2, 0.25) is 5.91 Å². The minimum atomic E-state index is -2.98. The normalized spacial score (nSPS) is 17.2. The molecule has 1 aliphatic rings. The summed E-state index contributed by atoms with van der Waals surface area (Å²) in [5, 5.41) is 2.73. The number of nitrogens with two attached hydrogens (primary N) is 1. The molecule has 0 aliphatic carbocycles. The van der Waals surface area contributed by atoms with Crippen LogP contribution in [-0.2, 0) is 14.1 Å². The van der Waals surface area contributed by atoms with Gasteiger partial charge in [0.1, 0.15) is 15.8 Å². The van der Waals surface area contributed by atoms with Crippen LogP contribution in [0.15, 0.2) is 29.2 Å². The van der Waals surface area contributed by atoms with Crippen LogP contribution in [0, 0.1) is 13.8 Å². The Morgan fingerprint density at radius 2 is 1.94 bits per heavy atom. The second kappa shape index (κ2) is 11.0. The van der Waals surface area contributed by atoms with Crippen molar-refractivity contribution in [3.05, 3.63) is 39.8 Å². The minimum absolute atomic E-state index is 0.110. The lowest BCUT2D eigenvalue weighted by Gasteiger charge is -2.38. The van der Waals surface area contributed by atoms with E-state index in [1.54, 1.807) is 6.66 Å². The first-order valence-corrected chi connectivity index (χ1v) is 15.1. The average Bonchev–Trinajstić information content (AvgIpc) is 3.12. The van der Waals surface area contributed by atoms with Crippen LogP contribution in [0.1, 0.15) is 39.6 Å². The summed E-state index contributed by atoms with van der Waals surface area (Å²) in [6, 6.07) is 7.29. The van der Waals surface area contributed by atoms with Crippen LogP contribution in [0.2, 0.25) is 0 Å². The molecule has 0 spiro atoms. The maximum Gasteiger partial charge on any atom is 0.263 e. The number of carbonyl (C=O) groups excluding carboxylic acids is 2. The molecule has 180 valence electrons. The van der Waals surface area contributed by atoms with E-state index >= 15 is 0 Å². The SMILES string of the molecule is Cc1nc(C)c(C(=O)NCCCOc2ccc(SP(C)(=O)C3(C(N)=O)CCOCC3)cc2)s1. The van der Waals surface area contributed by atoms with E-state index in [9.17, 15) is 14.2 Å². The number of amides is 2. The highest BCUT2D eigenvalue weighted by atomic mass is 32.7. The molecule has 1 fully saturated rings. The molecule has 8 nitrogen and oxygen atoms in total. The van der Waals surface area contributed by atoms with E-state index in [2.05, 4.69) is 10.3 Å². The van der Waals surface area contributed by atoms with E-state index in [4.69, 9.17) is 15.2 Å². The highest BCUT2D eigenvalue weighted by molar-refractivity contribution is 8.58. The smallest absolute Gasteiger partial charge is 0.263 e. The fourth-order valence-electron chi connectivity index (χ4n) is 3.73. The number of hydrogen-bond acceptors (Lipinski definition) is 8. The van der Waals surface area contributed by atoms with Crippen LogP contribution >= 0.6 is 29.1 Å². The van der Waals surface area contributed by atoms with Crippen LogP contribution in [0.4, 0.5) is 0 Å². The van der Waals surface area contributed by atoms with Gasteiger partial charge < -0.3 is 25.1 Å². The molecular weight excluding hydrogens is 481 g/mol. The number of nitrogens with one attached hydrogen (secondary N) is 1. The first-order valence-electron chi connectivity index (χ1n) is 10.7. The monoisotopic (exact) mass is 511 g/mol. The van der Waals surface area contributed by atoms with Gasteiger partial charge in [0.15, 0.2) is 6.34 Å². The van der Waals surface area contributed by atoms with E-state index in [-0.39, 0.29) is 5.91 Å². The number of rotatable bonds is 10. The Bertz CT molecular complexity index is 1040. The molecule has 3 N–H and O–H groups in total. The summed E-state index contributed by atoms with van der Waals surface area (Å²) in [6.45, 7) is 7.08. The lowest BCUT2D eigenvalue weighted by Crippen LogP contribution is -2.47. The highest BCUT2D eigenvalue weighted by Gasteiger charge is 2.51. The summed E-state index contributed by atoms with van der Waals surface area (Å²) in [6.07, 6.45) is -1.57. The summed E-state index contributed by atoms with van der Waals surface area (Å²) < 4.78 is 24.7. The van der Waals surface area contributed by atoms with Gasteiger partial charge in [-0.15, -0.1) is 11.3 Å². The zero-order valence-electron chi connectivity index (χ0n) is 19.1. The molecule has 2 heterocycles. The Hall–Kier alpha value is -1.87. The zero-order chi connectivity index (χ0) is 24.1. The second-order valence-electron chi connectivity index (χ2n) is 8.02. The second-order valence-corrected chi connectivity index (χ2v) is 15.1. The van der Waals surface area contributed by atoms with Crippen molar-refractivity contribution in [2.24, 2.45) is 5.73 Å². The van der Waals surface area contributed by atoms with Crippen LogP contribution < -0.4 is 15.8 Å². The minimum Gasteiger partial charge on any atom is -0.494 e. The number of thiazole rings is 1. The zero-order valence-corrected chi connectivity index (χ0v) is 21.6. The number of nitrogens with zero attached hydrogens (tertiary/aromatic N) is 1. The molecule has 0 bridgehead atoms. The van der Waals surface area contributed by atoms with Gasteiger partial charge in [0, 0.05) is 24.7 Å². The van der Waals surface area contributed by atoms with Gasteiger partial charge in [0.05, 0.1) is 17.3 Å². The maximum atomic E-state index is 13.5. The number of aromatic nitrogens is 1. The number of ether oxygens (including phenoxy) is 2. The fourth-order valence-corrected chi connectivity index (χ4v) is 9.71. The summed E-state index contributed by atoms with van der Waals surface area (Å²) >= 11 is 2.61. The third-order valence-corrected chi connectivity index (χ3v) is 12.5. The first kappa shape index (κ1) is 25.7. The average molecular weight is 512 g/mol. The number of primary amides is 1. The van der Waals surface area contributed by atoms with Gasteiger partial charge in [-0.1, -0.05) is 11.4 Å². The van der Waals surface area contributed by atoms with Crippen molar-refractivity contribution in [3.8, 4) is 5.75 Å². The van der Waals surface area contributed by atoms with Crippen LogP contribution in [0.25, 0.3) is 0 Å². The Balaban J connectivity index is 1.47. The van der Waals surface area contributed by atoms with E-state index in [1.165, 1.54) is 22.7 Å². The van der Waals surface area contributed by atoms with E-state index < -0.39 is 17.4 Å². The van der Waals surface area contributed by atoms with E-state index in [0.29, 0.717) is 56.3 Å². The maximum absolute atomic E-state index is 13.5. The van der Waals surface area contributed by atoms with Gasteiger partial charge in [-0.05, 0) is 64.0 Å². The van der Waals surface area contributed by atoms with Crippen molar-refractivity contribution in [2.75, 3.05) is 33.0 Å². The summed E-state index contributed by atoms with van der Waals surface area (Å²) in [5.41, 5.74) is 6.43. The van der Waals surface area contributed by atoms with Gasteiger partial charge in [-0.25, -0.2) is 4.98 Å². The van der Waals surface area contributed by atoms with Crippen LogP contribution in [0.3, 0.4) is 0 Å². The fraction of sp³-hybridized carbons (Fsp3) is 0.500. The lowest BCUT2D eigenvalue weighted by molar-refractivity contribution is -0.122. The van der Waals surface area contributed by atoms with Crippen LogP contribution in [-0.4, -0.2) is 55.0 Å². The molecule has 11 heteroatoms. The molecule has 1 atom stereocenters. The number of aryl methyl sites for hydroxylation is 2. The molecule has 1 aromatic heterocycles. The Morgan fingerprint density at radius 3 is 2.52 bits per heavy atom. The van der Waals surface area contributed by atoms with Crippen LogP contribution in [0.5, 0.6) is 5.75 Å². The highest BCUT2D eigenvalue weighted by Crippen LogP contribution is 2.70. The first-order chi connectivity index (χ1) is 15.6. The van der Waals surface area contributed by atoms with Crippen molar-refractivity contribution < 1.29 is 23.6 Å². The summed E-state index contributed by atoms with van der Waals surface area (Å²) in [5.74, 6) is 0.0553. The van der Waals surface area contributed by atoms with Crippen molar-refractivity contribution in [1.82, 2.24) is 10.3 Å². The van der Waals surface area contributed by atoms with Gasteiger partial charge in [-0.3, -0.25) is 9.59 Å². The summed E-state index contributed by atoms with van der Waals surface area (Å²) in [4.78, 5) is 30.1. The van der Waals surface area contributed by atoms with Crippen molar-refractivity contribution in [3.63, 3.8) is 0 Å². The van der Waals surface area contributed by atoms with Gasteiger partial charge in [0.25, 0.3) is 5.91 Å². The number of benzene rings is 1.